The Morgan fingerprint density at radius 1 is 0.265 bits per heavy atom. The van der Waals surface area contributed by atoms with Crippen molar-refractivity contribution in [3.63, 3.8) is 0 Å². The second-order valence-electron chi connectivity index (χ2n) is 35.1. The molecule has 0 spiro atoms. The molecule has 3 aromatic heterocycles. The molecule has 0 unspecified atom stereocenters. The number of para-hydroxylation sites is 2. The van der Waals surface area contributed by atoms with Crippen molar-refractivity contribution in [1.29, 1.82) is 0 Å². The predicted octanol–water partition coefficient (Wildman–Crippen LogP) is 27.0. The molecule has 2 aliphatic heterocycles. The molecule has 117 heavy (non-hydrogen) atoms. The van der Waals surface area contributed by atoms with Gasteiger partial charge in [-0.3, -0.25) is 0 Å². The summed E-state index contributed by atoms with van der Waals surface area (Å²) in [4.78, 5) is 21.5. The average Bonchev–Trinajstić information content (AvgIpc) is 0.895. The SMILES string of the molecule is [2H]c1c([2H])c([2H])c(-c2ccc3c(c2)N(c2c(-c4ccccc4)cc(C(C)(C)C)cc2-c2ccccc2)c2cc(-n4c5ccc(C(C)(C)C)cc5c5cc(C(C)(C)C)ccc54)cc4c2B3c2ccc(-n3c5c([2H])c([2H])c([2H])c([2H])c5c5c([2H])c([2H])c([2H])c([2H])c53)cc2N4c2c(-c3ccccc3)cc(C(C)(C)C)cc2-c2nc(-c3ccccc3)nc(-c3ccccc3)n2)c([2H])c1[2H]. The molecule has 0 bridgehead atoms. The smallest absolute Gasteiger partial charge is 0.252 e. The van der Waals surface area contributed by atoms with Gasteiger partial charge in [0.05, 0.1) is 56.9 Å². The molecule has 7 nitrogen and oxygen atoms in total. The van der Waals surface area contributed by atoms with Crippen molar-refractivity contribution in [1.82, 2.24) is 24.1 Å². The molecule has 0 saturated carbocycles. The minimum Gasteiger partial charge on any atom is -0.310 e. The highest BCUT2D eigenvalue weighted by atomic mass is 15.2. The number of nitrogens with zero attached hydrogens (tertiary/aromatic N) is 7. The van der Waals surface area contributed by atoms with Crippen molar-refractivity contribution in [2.24, 2.45) is 0 Å². The van der Waals surface area contributed by atoms with E-state index in [1.807, 2.05) is 127 Å². The summed E-state index contributed by atoms with van der Waals surface area (Å²) in [6.45, 7) is 25.8. The van der Waals surface area contributed by atoms with Gasteiger partial charge in [0, 0.05) is 83.4 Å². The Balaban J connectivity index is 1.05. The highest BCUT2D eigenvalue weighted by molar-refractivity contribution is 7.00. The van der Waals surface area contributed by atoms with Crippen LogP contribution in [-0.4, -0.2) is 30.8 Å². The van der Waals surface area contributed by atoms with Crippen molar-refractivity contribution >= 4 is 101 Å². The fourth-order valence-electron chi connectivity index (χ4n) is 17.4. The van der Waals surface area contributed by atoms with Crippen LogP contribution in [0.4, 0.5) is 34.1 Å². The van der Waals surface area contributed by atoms with Crippen molar-refractivity contribution in [2.75, 3.05) is 9.80 Å². The summed E-state index contributed by atoms with van der Waals surface area (Å²) in [5, 5.41) is 1.88. The van der Waals surface area contributed by atoms with Gasteiger partial charge >= 0.3 is 0 Å². The molecule has 2 aliphatic rings. The lowest BCUT2D eigenvalue weighted by atomic mass is 9.33. The van der Waals surface area contributed by atoms with E-state index in [0.29, 0.717) is 62.5 Å². The van der Waals surface area contributed by atoms with Gasteiger partial charge in [-0.05, 0) is 179 Å². The number of fused-ring (bicyclic) bond motifs is 10. The van der Waals surface area contributed by atoms with Crippen LogP contribution >= 0.6 is 0 Å². The Morgan fingerprint density at radius 3 is 1.08 bits per heavy atom. The predicted molar refractivity (Wildman–Crippen MR) is 495 cm³/mol. The number of rotatable bonds is 11. The second kappa shape index (κ2) is 27.7. The standard InChI is InChI=1S/C109H92BN7/c1-106(2,3)76-52-57-94-87(60-76)88-61-77(107(4,5)6)53-58-95(88)115(94)81-67-98-100-99(68-81)117(102-86(72-41-25-16-26-42-72)64-79(109(10,11)12)65-89(102)105-112-103(73-43-27-17-28-44-73)111-104(113-105)74-45-29-18-30-46-74)97-66-80(114-92-49-33-31-47-82(92)83-48-32-34-50-93(83)114)54-56-91(97)110(100)90-55-51-75(69-35-19-13-20-36-69)59-96(90)116(98)101-84(70-37-21-14-22-38-70)62-78(108(7,8)9)63-85(101)71-39-23-15-24-40-71/h13-68H,1-12H3/i13D,19D,20D,31D,32D,33D,34D,35D,36D,47D,48D,49D,50D. The zero-order chi connectivity index (χ0) is 91.3. The zero-order valence-electron chi connectivity index (χ0n) is 80.5. The summed E-state index contributed by atoms with van der Waals surface area (Å²) < 4.78 is 129. The lowest BCUT2D eigenvalue weighted by Gasteiger charge is -2.46. The van der Waals surface area contributed by atoms with E-state index >= 15 is 0 Å². The van der Waals surface area contributed by atoms with Crippen LogP contribution in [-0.2, 0) is 21.7 Å². The largest absolute Gasteiger partial charge is 0.310 e. The fourth-order valence-corrected chi connectivity index (χ4v) is 17.4. The number of hydrogen-bond donors (Lipinski definition) is 0. The molecule has 8 heteroatoms. The molecular weight excluding hydrogens is 1420 g/mol. The van der Waals surface area contributed by atoms with Crippen molar-refractivity contribution in [2.45, 2.75) is 105 Å². The van der Waals surface area contributed by atoms with Crippen molar-refractivity contribution in [3.8, 4) is 90.0 Å². The van der Waals surface area contributed by atoms with E-state index in [0.717, 1.165) is 111 Å². The Labute approximate surface area is 705 Å². The van der Waals surface area contributed by atoms with Gasteiger partial charge in [-0.1, -0.05) is 332 Å². The van der Waals surface area contributed by atoms with Crippen LogP contribution in [0.25, 0.3) is 134 Å². The topological polar surface area (TPSA) is 55.0 Å². The van der Waals surface area contributed by atoms with Gasteiger partial charge in [-0.25, -0.2) is 15.0 Å². The molecule has 0 N–H and O–H groups in total. The van der Waals surface area contributed by atoms with Gasteiger partial charge in [0.1, 0.15) is 0 Å². The molecule has 20 rings (SSSR count). The summed E-state index contributed by atoms with van der Waals surface area (Å²) in [6.07, 6.45) is 0. The zero-order valence-corrected chi connectivity index (χ0v) is 67.5. The van der Waals surface area contributed by atoms with E-state index in [1.165, 1.54) is 0 Å². The number of aromatic nitrogens is 5. The molecule has 0 aliphatic carbocycles. The Bertz CT molecular complexity index is 7510. The van der Waals surface area contributed by atoms with Gasteiger partial charge in [0.15, 0.2) is 17.5 Å². The van der Waals surface area contributed by atoms with Crippen molar-refractivity contribution in [3.05, 3.63) is 362 Å². The van der Waals surface area contributed by atoms with Crippen LogP contribution in [0.15, 0.2) is 339 Å². The summed E-state index contributed by atoms with van der Waals surface area (Å²) in [5.74, 6) is 1.14. The van der Waals surface area contributed by atoms with E-state index in [9.17, 15) is 16.4 Å². The van der Waals surface area contributed by atoms with E-state index < -0.39 is 84.0 Å². The quantitative estimate of drug-likeness (QED) is 0.121. The molecule has 0 fully saturated rings. The van der Waals surface area contributed by atoms with Gasteiger partial charge in [0.2, 0.25) is 0 Å². The Kier molecular flexibility index (Phi) is 14.0. The van der Waals surface area contributed by atoms with Crippen molar-refractivity contribution < 1.29 is 17.8 Å². The van der Waals surface area contributed by atoms with Crippen LogP contribution in [0.2, 0.25) is 0 Å². The van der Waals surface area contributed by atoms with Crippen LogP contribution in [0, 0.1) is 0 Å². The normalized spacial score (nSPS) is 14.5. The first-order valence-electron chi connectivity index (χ1n) is 46.6. The van der Waals surface area contributed by atoms with E-state index in [4.69, 9.17) is 16.3 Å². The maximum absolute atomic E-state index is 10.1. The summed E-state index contributed by atoms with van der Waals surface area (Å²) in [7, 11) is 0. The molecule has 566 valence electrons. The molecule has 0 saturated heterocycles. The maximum Gasteiger partial charge on any atom is 0.252 e. The van der Waals surface area contributed by atoms with Crippen LogP contribution < -0.4 is 26.2 Å². The van der Waals surface area contributed by atoms with Gasteiger partial charge < -0.3 is 18.9 Å². The molecule has 0 atom stereocenters. The fraction of sp³-hybridized carbons (Fsp3) is 0.147. The van der Waals surface area contributed by atoms with Gasteiger partial charge in [0.25, 0.3) is 6.71 Å². The number of benzene rings is 15. The van der Waals surface area contributed by atoms with Crippen LogP contribution in [0.1, 0.15) is 123 Å². The molecule has 18 aromatic rings. The third-order valence-corrected chi connectivity index (χ3v) is 23.5. The van der Waals surface area contributed by atoms with Crippen LogP contribution in [0.5, 0.6) is 0 Å². The number of hydrogen-bond acceptors (Lipinski definition) is 5. The Hall–Kier alpha value is -13.4. The van der Waals surface area contributed by atoms with E-state index in [-0.39, 0.29) is 56.0 Å². The summed E-state index contributed by atoms with van der Waals surface area (Å²) in [6, 6.07) is 83.6. The van der Waals surface area contributed by atoms with E-state index in [1.54, 1.807) is 4.57 Å². The van der Waals surface area contributed by atoms with Gasteiger partial charge in [-0.15, -0.1) is 0 Å². The minimum absolute atomic E-state index is 0.00370. The molecule has 5 heterocycles. The molecule has 0 amide bonds. The molecule has 15 aromatic carbocycles. The average molecular weight is 1520 g/mol. The third kappa shape index (κ3) is 12.5. The highest BCUT2D eigenvalue weighted by Crippen LogP contribution is 2.56. The lowest BCUT2D eigenvalue weighted by molar-refractivity contribution is 0.590. The highest BCUT2D eigenvalue weighted by Gasteiger charge is 2.47. The monoisotopic (exact) mass is 1520 g/mol. The lowest BCUT2D eigenvalue weighted by Crippen LogP contribution is -2.61. The number of anilines is 6. The third-order valence-electron chi connectivity index (χ3n) is 23.5. The van der Waals surface area contributed by atoms with Crippen LogP contribution in [0.3, 0.4) is 0 Å². The first-order valence-corrected chi connectivity index (χ1v) is 40.1. The summed E-state index contributed by atoms with van der Waals surface area (Å²) >= 11 is 0. The first-order chi connectivity index (χ1) is 62.0. The molecular formula is C109H92BN7. The Morgan fingerprint density at radius 2 is 0.632 bits per heavy atom. The maximum atomic E-state index is 10.1. The first kappa shape index (κ1) is 59.3. The summed E-state index contributed by atoms with van der Waals surface area (Å²) in [5.41, 5.74) is 19.1. The van der Waals surface area contributed by atoms with E-state index in [2.05, 4.69) is 231 Å². The van der Waals surface area contributed by atoms with Gasteiger partial charge in [-0.2, -0.15) is 0 Å². The minimum atomic E-state index is -0.826. The second-order valence-corrected chi connectivity index (χ2v) is 35.1. The molecule has 0 radical (unpaired) electrons.